The summed E-state index contributed by atoms with van der Waals surface area (Å²) in [5, 5.41) is 9.80. The molecule has 138 valence electrons. The number of rotatable bonds is 11. The molecule has 0 aliphatic carbocycles. The van der Waals surface area contributed by atoms with Crippen LogP contribution in [0, 0.1) is 11.8 Å². The number of hydrogen-bond donors (Lipinski definition) is 1. The van der Waals surface area contributed by atoms with Crippen LogP contribution in [-0.2, 0) is 19.0 Å². The predicted octanol–water partition coefficient (Wildman–Crippen LogP) is 3.19. The third-order valence-corrected chi connectivity index (χ3v) is 4.08. The van der Waals surface area contributed by atoms with Crippen molar-refractivity contribution >= 4 is 5.97 Å². The molecule has 0 bridgehead atoms. The normalized spacial score (nSPS) is 18.5. The molecule has 0 amide bonds. The topological polar surface area (TPSA) is 65.0 Å². The Balaban J connectivity index is 1.90. The van der Waals surface area contributed by atoms with E-state index in [0.29, 0.717) is 19.4 Å². The van der Waals surface area contributed by atoms with E-state index in [9.17, 15) is 9.90 Å². The first-order chi connectivity index (χ1) is 11.7. The van der Waals surface area contributed by atoms with Gasteiger partial charge in [-0.2, -0.15) is 0 Å². The zero-order valence-electron chi connectivity index (χ0n) is 14.9. The van der Waals surface area contributed by atoms with Gasteiger partial charge in [-0.1, -0.05) is 37.5 Å². The minimum Gasteiger partial charge on any atom is -0.469 e. The summed E-state index contributed by atoms with van der Waals surface area (Å²) in [6, 6.07) is 0. The van der Waals surface area contributed by atoms with Gasteiger partial charge in [0.1, 0.15) is 12.7 Å². The maximum atomic E-state index is 10.9. The fourth-order valence-corrected chi connectivity index (χ4v) is 2.63. The molecule has 2 atom stereocenters. The molecule has 1 heterocycles. The van der Waals surface area contributed by atoms with E-state index in [1.54, 1.807) is 0 Å². The van der Waals surface area contributed by atoms with Crippen LogP contribution in [-0.4, -0.2) is 43.8 Å². The van der Waals surface area contributed by atoms with E-state index < -0.39 is 6.10 Å². The van der Waals surface area contributed by atoms with Crippen molar-refractivity contribution in [1.29, 1.82) is 0 Å². The number of aliphatic hydroxyl groups excluding tert-OH is 1. The second-order valence-electron chi connectivity index (χ2n) is 6.18. The second-order valence-corrected chi connectivity index (χ2v) is 6.18. The predicted molar refractivity (Wildman–Crippen MR) is 92.3 cm³/mol. The smallest absolute Gasteiger partial charge is 0.305 e. The minimum absolute atomic E-state index is 0.121. The van der Waals surface area contributed by atoms with Crippen molar-refractivity contribution in [2.45, 2.75) is 83.0 Å². The van der Waals surface area contributed by atoms with Gasteiger partial charge in [0.15, 0.2) is 6.29 Å². The largest absolute Gasteiger partial charge is 0.469 e. The maximum absolute atomic E-state index is 10.9. The van der Waals surface area contributed by atoms with Gasteiger partial charge < -0.3 is 19.3 Å². The summed E-state index contributed by atoms with van der Waals surface area (Å²) in [4.78, 5) is 10.9. The molecule has 2 unspecified atom stereocenters. The van der Waals surface area contributed by atoms with Crippen molar-refractivity contribution in [2.24, 2.45) is 0 Å². The molecular formula is C19H32O5. The van der Waals surface area contributed by atoms with Crippen LogP contribution in [0.1, 0.15) is 70.6 Å². The Kier molecular flexibility index (Phi) is 12.5. The molecule has 0 radical (unpaired) electrons. The zero-order chi connectivity index (χ0) is 17.5. The molecule has 1 fully saturated rings. The van der Waals surface area contributed by atoms with Crippen LogP contribution in [0.5, 0.6) is 0 Å². The molecule has 5 heteroatoms. The highest BCUT2D eigenvalue weighted by Crippen LogP contribution is 2.13. The standard InChI is InChI=1S/C19H32O5/c1-22-18(21)13-7-5-3-2-4-6-11-17(20)12-10-16-24-19-14-8-9-15-23-19/h17,19-20H,2-9,11,13-16H2,1H3. The Morgan fingerprint density at radius 1 is 1.21 bits per heavy atom. The summed E-state index contributed by atoms with van der Waals surface area (Å²) in [6.07, 6.45) is 9.96. The summed E-state index contributed by atoms with van der Waals surface area (Å²) in [5.41, 5.74) is 0. The molecule has 5 nitrogen and oxygen atoms in total. The lowest BCUT2D eigenvalue weighted by Crippen LogP contribution is -2.22. The van der Waals surface area contributed by atoms with Crippen molar-refractivity contribution in [3.8, 4) is 11.8 Å². The van der Waals surface area contributed by atoms with Crippen LogP contribution in [0.15, 0.2) is 0 Å². The number of esters is 1. The van der Waals surface area contributed by atoms with Gasteiger partial charge in [0, 0.05) is 13.0 Å². The van der Waals surface area contributed by atoms with Crippen LogP contribution < -0.4 is 0 Å². The van der Waals surface area contributed by atoms with Gasteiger partial charge in [-0.3, -0.25) is 4.79 Å². The zero-order valence-corrected chi connectivity index (χ0v) is 14.9. The first-order valence-corrected chi connectivity index (χ1v) is 9.19. The van der Waals surface area contributed by atoms with Gasteiger partial charge in [0.05, 0.1) is 7.11 Å². The Labute approximate surface area is 146 Å². The number of methoxy groups -OCH3 is 1. The Bertz CT molecular complexity index is 379. The van der Waals surface area contributed by atoms with Crippen LogP contribution in [0.3, 0.4) is 0 Å². The Morgan fingerprint density at radius 3 is 2.67 bits per heavy atom. The van der Waals surface area contributed by atoms with E-state index in [-0.39, 0.29) is 12.3 Å². The number of hydrogen-bond acceptors (Lipinski definition) is 5. The fourth-order valence-electron chi connectivity index (χ4n) is 2.63. The average Bonchev–Trinajstić information content (AvgIpc) is 2.61. The van der Waals surface area contributed by atoms with E-state index in [2.05, 4.69) is 16.6 Å². The first kappa shape index (κ1) is 21.0. The molecule has 1 saturated heterocycles. The molecule has 0 spiro atoms. The minimum atomic E-state index is -0.569. The van der Waals surface area contributed by atoms with Crippen molar-refractivity contribution < 1.29 is 24.1 Å². The van der Waals surface area contributed by atoms with Gasteiger partial charge in [0.2, 0.25) is 0 Å². The number of carbonyl (C=O) groups is 1. The SMILES string of the molecule is COC(=O)CCCCCCCCC(O)C#CCOC1CCCCO1. The molecule has 0 aromatic heterocycles. The molecule has 1 aliphatic heterocycles. The van der Waals surface area contributed by atoms with Crippen molar-refractivity contribution in [3.63, 3.8) is 0 Å². The van der Waals surface area contributed by atoms with Gasteiger partial charge in [0.25, 0.3) is 0 Å². The van der Waals surface area contributed by atoms with E-state index in [0.717, 1.165) is 64.4 Å². The van der Waals surface area contributed by atoms with Crippen molar-refractivity contribution in [2.75, 3.05) is 20.3 Å². The Morgan fingerprint density at radius 2 is 1.96 bits per heavy atom. The summed E-state index contributed by atoms with van der Waals surface area (Å²) in [6.45, 7) is 1.09. The monoisotopic (exact) mass is 340 g/mol. The molecule has 0 aromatic carbocycles. The van der Waals surface area contributed by atoms with Gasteiger partial charge in [-0.25, -0.2) is 0 Å². The van der Waals surface area contributed by atoms with Crippen LogP contribution >= 0.6 is 0 Å². The van der Waals surface area contributed by atoms with Gasteiger partial charge in [-0.05, 0) is 38.5 Å². The molecule has 0 saturated carbocycles. The van der Waals surface area contributed by atoms with Crippen molar-refractivity contribution in [1.82, 2.24) is 0 Å². The second kappa shape index (κ2) is 14.3. The lowest BCUT2D eigenvalue weighted by Gasteiger charge is -2.21. The molecular weight excluding hydrogens is 308 g/mol. The maximum Gasteiger partial charge on any atom is 0.305 e. The molecule has 1 N–H and O–H groups in total. The van der Waals surface area contributed by atoms with E-state index >= 15 is 0 Å². The van der Waals surface area contributed by atoms with E-state index in [1.807, 2.05) is 0 Å². The molecule has 1 aliphatic rings. The number of aliphatic hydroxyl groups is 1. The lowest BCUT2D eigenvalue weighted by molar-refractivity contribution is -0.154. The highest BCUT2D eigenvalue weighted by molar-refractivity contribution is 5.68. The summed E-state index contributed by atoms with van der Waals surface area (Å²) < 4.78 is 15.5. The van der Waals surface area contributed by atoms with Gasteiger partial charge >= 0.3 is 5.97 Å². The summed E-state index contributed by atoms with van der Waals surface area (Å²) in [5.74, 6) is 5.57. The third-order valence-electron chi connectivity index (χ3n) is 4.08. The quantitative estimate of drug-likeness (QED) is 0.355. The van der Waals surface area contributed by atoms with E-state index in [4.69, 9.17) is 9.47 Å². The highest BCUT2D eigenvalue weighted by atomic mass is 16.7. The molecule has 24 heavy (non-hydrogen) atoms. The third kappa shape index (κ3) is 11.4. The van der Waals surface area contributed by atoms with Crippen LogP contribution in [0.25, 0.3) is 0 Å². The lowest BCUT2D eigenvalue weighted by atomic mass is 10.1. The van der Waals surface area contributed by atoms with E-state index in [1.165, 1.54) is 7.11 Å². The summed E-state index contributed by atoms with van der Waals surface area (Å²) in [7, 11) is 1.42. The number of unbranched alkanes of at least 4 members (excludes halogenated alkanes) is 5. The highest BCUT2D eigenvalue weighted by Gasteiger charge is 2.12. The van der Waals surface area contributed by atoms with Gasteiger partial charge in [-0.15, -0.1) is 0 Å². The summed E-state index contributed by atoms with van der Waals surface area (Å²) >= 11 is 0. The molecule has 0 aromatic rings. The van der Waals surface area contributed by atoms with Crippen molar-refractivity contribution in [3.05, 3.63) is 0 Å². The molecule has 1 rings (SSSR count). The Hall–Kier alpha value is -1.09. The average molecular weight is 340 g/mol. The first-order valence-electron chi connectivity index (χ1n) is 9.19. The number of carbonyl (C=O) groups excluding carboxylic acids is 1. The fraction of sp³-hybridized carbons (Fsp3) is 0.842. The van der Waals surface area contributed by atoms with Crippen LogP contribution in [0.4, 0.5) is 0 Å². The van der Waals surface area contributed by atoms with Crippen LogP contribution in [0.2, 0.25) is 0 Å². The number of ether oxygens (including phenoxy) is 3.